The van der Waals surface area contributed by atoms with Gasteiger partial charge in [0.25, 0.3) is 0 Å². The number of hydrogen-bond acceptors (Lipinski definition) is 2. The second-order valence-electron chi connectivity index (χ2n) is 5.65. The van der Waals surface area contributed by atoms with Gasteiger partial charge in [0.2, 0.25) is 11.8 Å². The van der Waals surface area contributed by atoms with Crippen LogP contribution in [-0.2, 0) is 9.59 Å². The van der Waals surface area contributed by atoms with Crippen molar-refractivity contribution < 1.29 is 9.59 Å². The van der Waals surface area contributed by atoms with Crippen molar-refractivity contribution in [3.63, 3.8) is 0 Å². The molecule has 0 bridgehead atoms. The molecule has 2 rings (SSSR count). The van der Waals surface area contributed by atoms with Crippen molar-refractivity contribution in [2.24, 2.45) is 5.92 Å². The Hall–Kier alpha value is -1.06. The van der Waals surface area contributed by atoms with E-state index in [1.54, 1.807) is 0 Å². The molecule has 4 nitrogen and oxygen atoms in total. The van der Waals surface area contributed by atoms with E-state index in [9.17, 15) is 9.59 Å². The van der Waals surface area contributed by atoms with E-state index in [0.717, 1.165) is 18.8 Å². The number of hydrogen-bond donors (Lipinski definition) is 2. The Labute approximate surface area is 109 Å². The van der Waals surface area contributed by atoms with Gasteiger partial charge in [-0.3, -0.25) is 9.59 Å². The monoisotopic (exact) mass is 252 g/mol. The molecule has 1 saturated carbocycles. The first-order valence-electron chi connectivity index (χ1n) is 7.30. The molecule has 0 aromatic heterocycles. The van der Waals surface area contributed by atoms with Crippen molar-refractivity contribution in [2.45, 2.75) is 63.8 Å². The van der Waals surface area contributed by atoms with E-state index < -0.39 is 0 Å². The minimum atomic E-state index is 0.0997. The Kier molecular flexibility index (Phi) is 5.02. The van der Waals surface area contributed by atoms with Gasteiger partial charge in [-0.1, -0.05) is 32.1 Å². The zero-order valence-electron chi connectivity index (χ0n) is 11.0. The predicted molar refractivity (Wildman–Crippen MR) is 70.0 cm³/mol. The van der Waals surface area contributed by atoms with E-state index in [0.29, 0.717) is 19.4 Å². The average Bonchev–Trinajstić information content (AvgIpc) is 2.40. The van der Waals surface area contributed by atoms with Crippen molar-refractivity contribution in [1.29, 1.82) is 0 Å². The molecule has 1 saturated heterocycles. The third kappa shape index (κ3) is 4.31. The second-order valence-corrected chi connectivity index (χ2v) is 5.65. The summed E-state index contributed by atoms with van der Waals surface area (Å²) >= 11 is 0. The summed E-state index contributed by atoms with van der Waals surface area (Å²) in [5.41, 5.74) is 0. The fourth-order valence-electron chi connectivity index (χ4n) is 2.97. The lowest BCUT2D eigenvalue weighted by Crippen LogP contribution is -2.47. The fourth-order valence-corrected chi connectivity index (χ4v) is 2.97. The zero-order valence-corrected chi connectivity index (χ0v) is 11.0. The van der Waals surface area contributed by atoms with Gasteiger partial charge in [-0.25, -0.2) is 0 Å². The second kappa shape index (κ2) is 6.76. The van der Waals surface area contributed by atoms with E-state index in [4.69, 9.17) is 0 Å². The third-order valence-corrected chi connectivity index (χ3v) is 4.13. The van der Waals surface area contributed by atoms with Crippen LogP contribution in [0.5, 0.6) is 0 Å². The molecular weight excluding hydrogens is 228 g/mol. The fraction of sp³-hybridized carbons (Fsp3) is 0.857. The molecule has 2 N–H and O–H groups in total. The van der Waals surface area contributed by atoms with Gasteiger partial charge < -0.3 is 10.6 Å². The number of carbonyl (C=O) groups is 2. The number of rotatable bonds is 4. The van der Waals surface area contributed by atoms with E-state index in [2.05, 4.69) is 10.6 Å². The van der Waals surface area contributed by atoms with Crippen LogP contribution in [0.4, 0.5) is 0 Å². The molecule has 2 fully saturated rings. The molecule has 1 unspecified atom stereocenters. The molecule has 0 aromatic rings. The maximum Gasteiger partial charge on any atom is 0.220 e. The maximum absolute atomic E-state index is 11.8. The highest BCUT2D eigenvalue weighted by atomic mass is 16.2. The first-order chi connectivity index (χ1) is 8.74. The topological polar surface area (TPSA) is 58.2 Å². The van der Waals surface area contributed by atoms with Crippen LogP contribution in [0.15, 0.2) is 0 Å². The van der Waals surface area contributed by atoms with Crippen LogP contribution in [0.3, 0.4) is 0 Å². The highest BCUT2D eigenvalue weighted by Crippen LogP contribution is 2.27. The van der Waals surface area contributed by atoms with E-state index in [-0.39, 0.29) is 17.9 Å². The molecule has 102 valence electrons. The van der Waals surface area contributed by atoms with Gasteiger partial charge in [-0.2, -0.15) is 0 Å². The number of carbonyl (C=O) groups excluding carboxylic acids is 2. The SMILES string of the molecule is O=C1CCC(NC(=O)CCC2CCCCC2)CN1. The van der Waals surface area contributed by atoms with Crippen molar-refractivity contribution in [2.75, 3.05) is 6.54 Å². The summed E-state index contributed by atoms with van der Waals surface area (Å²) in [6.07, 6.45) is 9.63. The third-order valence-electron chi connectivity index (χ3n) is 4.13. The Balaban J connectivity index is 1.61. The van der Waals surface area contributed by atoms with Gasteiger partial charge in [-0.05, 0) is 18.8 Å². The van der Waals surface area contributed by atoms with Gasteiger partial charge in [0.05, 0.1) is 0 Å². The Bertz CT molecular complexity index is 288. The standard InChI is InChI=1S/C14H24N2O2/c17-13-9-7-12(10-15-13)16-14(18)8-6-11-4-2-1-3-5-11/h11-12H,1-10H2,(H,15,17)(H,16,18). The summed E-state index contributed by atoms with van der Waals surface area (Å²) in [7, 11) is 0. The van der Waals surface area contributed by atoms with Crippen LogP contribution >= 0.6 is 0 Å². The minimum Gasteiger partial charge on any atom is -0.354 e. The maximum atomic E-state index is 11.8. The van der Waals surface area contributed by atoms with Crippen molar-refractivity contribution in [3.8, 4) is 0 Å². The van der Waals surface area contributed by atoms with Crippen LogP contribution in [0.1, 0.15) is 57.8 Å². The Morgan fingerprint density at radius 1 is 1.22 bits per heavy atom. The lowest BCUT2D eigenvalue weighted by Gasteiger charge is -2.24. The van der Waals surface area contributed by atoms with Crippen LogP contribution in [0.2, 0.25) is 0 Å². The Morgan fingerprint density at radius 2 is 2.00 bits per heavy atom. The lowest BCUT2D eigenvalue weighted by atomic mass is 9.86. The molecule has 1 aliphatic heterocycles. The molecule has 1 atom stereocenters. The van der Waals surface area contributed by atoms with E-state index in [1.165, 1.54) is 32.1 Å². The smallest absolute Gasteiger partial charge is 0.220 e. The molecule has 1 aliphatic carbocycles. The molecule has 2 aliphatic rings. The van der Waals surface area contributed by atoms with Gasteiger partial charge in [-0.15, -0.1) is 0 Å². The van der Waals surface area contributed by atoms with Crippen molar-refractivity contribution in [1.82, 2.24) is 10.6 Å². The molecule has 0 radical (unpaired) electrons. The summed E-state index contributed by atoms with van der Waals surface area (Å²) in [5.74, 6) is 1.01. The highest BCUT2D eigenvalue weighted by molar-refractivity contribution is 5.78. The number of nitrogens with one attached hydrogen (secondary N) is 2. The quantitative estimate of drug-likeness (QED) is 0.800. The largest absolute Gasteiger partial charge is 0.354 e. The summed E-state index contributed by atoms with van der Waals surface area (Å²) in [6, 6.07) is 0.140. The zero-order chi connectivity index (χ0) is 12.8. The van der Waals surface area contributed by atoms with Crippen LogP contribution in [0.25, 0.3) is 0 Å². The summed E-state index contributed by atoms with van der Waals surface area (Å²) in [4.78, 5) is 22.8. The predicted octanol–water partition coefficient (Wildman–Crippen LogP) is 1.74. The van der Waals surface area contributed by atoms with Crippen LogP contribution < -0.4 is 10.6 Å². The molecule has 2 amide bonds. The Morgan fingerprint density at radius 3 is 2.67 bits per heavy atom. The van der Waals surface area contributed by atoms with Crippen molar-refractivity contribution >= 4 is 11.8 Å². The van der Waals surface area contributed by atoms with E-state index in [1.807, 2.05) is 0 Å². The van der Waals surface area contributed by atoms with Crippen LogP contribution in [-0.4, -0.2) is 24.4 Å². The molecule has 1 heterocycles. The first-order valence-corrected chi connectivity index (χ1v) is 7.30. The highest BCUT2D eigenvalue weighted by Gasteiger charge is 2.20. The van der Waals surface area contributed by atoms with Crippen LogP contribution in [0, 0.1) is 5.92 Å². The lowest BCUT2D eigenvalue weighted by molar-refractivity contribution is -0.125. The average molecular weight is 252 g/mol. The summed E-state index contributed by atoms with van der Waals surface area (Å²) in [6.45, 7) is 0.591. The molecule has 4 heteroatoms. The van der Waals surface area contributed by atoms with Crippen molar-refractivity contribution in [3.05, 3.63) is 0 Å². The van der Waals surface area contributed by atoms with Gasteiger partial charge >= 0.3 is 0 Å². The normalized spacial score (nSPS) is 25.6. The number of piperidine rings is 1. The molecule has 18 heavy (non-hydrogen) atoms. The van der Waals surface area contributed by atoms with E-state index >= 15 is 0 Å². The van der Waals surface area contributed by atoms with Gasteiger partial charge in [0.15, 0.2) is 0 Å². The molecule has 0 aromatic carbocycles. The molecular formula is C14H24N2O2. The van der Waals surface area contributed by atoms with Gasteiger partial charge in [0.1, 0.15) is 0 Å². The first kappa shape index (κ1) is 13.4. The number of amides is 2. The summed E-state index contributed by atoms with van der Waals surface area (Å²) < 4.78 is 0. The van der Waals surface area contributed by atoms with Gasteiger partial charge in [0, 0.05) is 25.4 Å². The minimum absolute atomic E-state index is 0.0997. The summed E-state index contributed by atoms with van der Waals surface area (Å²) in [5, 5.41) is 5.81. The molecule has 0 spiro atoms.